The molecular weight excluding hydrogens is 412 g/mol. The number of carbonyl (C=O) groups is 1. The van der Waals surface area contributed by atoms with Crippen LogP contribution < -0.4 is 9.04 Å². The zero-order chi connectivity index (χ0) is 22.6. The first-order valence-corrected chi connectivity index (χ1v) is 11.2. The Morgan fingerprint density at radius 2 is 1.52 bits per heavy atom. The van der Waals surface area contributed by atoms with Gasteiger partial charge in [0.25, 0.3) is 15.9 Å². The number of methoxy groups -OCH3 is 1. The van der Waals surface area contributed by atoms with E-state index in [0.717, 1.165) is 11.1 Å². The van der Waals surface area contributed by atoms with Crippen LogP contribution in [-0.4, -0.2) is 40.4 Å². The molecule has 0 N–H and O–H groups in total. The molecule has 0 aliphatic rings. The summed E-state index contributed by atoms with van der Waals surface area (Å²) in [6.07, 6.45) is 0. The second kappa shape index (κ2) is 9.22. The molecule has 0 saturated heterocycles. The highest BCUT2D eigenvalue weighted by atomic mass is 32.2. The van der Waals surface area contributed by atoms with Crippen LogP contribution in [0.1, 0.15) is 21.5 Å². The van der Waals surface area contributed by atoms with Crippen molar-refractivity contribution in [3.8, 4) is 5.75 Å². The lowest BCUT2D eigenvalue weighted by Crippen LogP contribution is -2.28. The molecule has 3 aromatic carbocycles. The van der Waals surface area contributed by atoms with E-state index in [1.165, 1.54) is 30.6 Å². The molecule has 3 rings (SSSR count). The Labute approximate surface area is 183 Å². The minimum Gasteiger partial charge on any atom is -0.495 e. The van der Waals surface area contributed by atoms with Gasteiger partial charge in [0.2, 0.25) is 0 Å². The van der Waals surface area contributed by atoms with Gasteiger partial charge in [0.15, 0.2) is 0 Å². The van der Waals surface area contributed by atoms with E-state index >= 15 is 0 Å². The van der Waals surface area contributed by atoms with Crippen LogP contribution in [0.15, 0.2) is 77.7 Å². The van der Waals surface area contributed by atoms with Crippen LogP contribution >= 0.6 is 0 Å². The molecule has 7 heteroatoms. The van der Waals surface area contributed by atoms with Crippen molar-refractivity contribution in [2.75, 3.05) is 25.5 Å². The molecule has 0 fully saturated rings. The summed E-state index contributed by atoms with van der Waals surface area (Å²) in [5, 5.41) is 0. The van der Waals surface area contributed by atoms with Crippen molar-refractivity contribution in [1.29, 1.82) is 0 Å². The second-order valence-corrected chi connectivity index (χ2v) is 9.23. The zero-order valence-electron chi connectivity index (χ0n) is 18.1. The summed E-state index contributed by atoms with van der Waals surface area (Å²) in [6.45, 7) is 2.48. The lowest BCUT2D eigenvalue weighted by Gasteiger charge is -2.22. The van der Waals surface area contributed by atoms with E-state index in [-0.39, 0.29) is 10.8 Å². The number of para-hydroxylation sites is 2. The topological polar surface area (TPSA) is 66.9 Å². The minimum atomic E-state index is -3.81. The summed E-state index contributed by atoms with van der Waals surface area (Å²) in [6, 6.07) is 20.8. The van der Waals surface area contributed by atoms with Crippen LogP contribution in [0.3, 0.4) is 0 Å². The standard InChI is InChI=1S/C24H26N2O4S/c1-18-9-5-6-10-20(18)17-25(2)24(27)19-13-15-21(16-14-19)31(28,29)26(3)22-11-7-8-12-23(22)30-4/h5-16H,17H2,1-4H3. The van der Waals surface area contributed by atoms with Gasteiger partial charge >= 0.3 is 0 Å². The molecule has 162 valence electrons. The van der Waals surface area contributed by atoms with Crippen LogP contribution in [-0.2, 0) is 16.6 Å². The third kappa shape index (κ3) is 4.72. The molecule has 0 heterocycles. The van der Waals surface area contributed by atoms with Crippen molar-refractivity contribution in [1.82, 2.24) is 4.90 Å². The van der Waals surface area contributed by atoms with Crippen LogP contribution in [0, 0.1) is 6.92 Å². The summed E-state index contributed by atoms with van der Waals surface area (Å²) in [7, 11) is 0.886. The van der Waals surface area contributed by atoms with Crippen molar-refractivity contribution < 1.29 is 17.9 Å². The van der Waals surface area contributed by atoms with Crippen molar-refractivity contribution in [2.24, 2.45) is 0 Å². The first kappa shape index (κ1) is 22.4. The average molecular weight is 439 g/mol. The maximum atomic E-state index is 13.1. The van der Waals surface area contributed by atoms with Gasteiger partial charge in [-0.25, -0.2) is 8.42 Å². The summed E-state index contributed by atoms with van der Waals surface area (Å²) in [5.74, 6) is 0.281. The number of hydrogen-bond donors (Lipinski definition) is 0. The van der Waals surface area contributed by atoms with E-state index in [9.17, 15) is 13.2 Å². The number of rotatable bonds is 7. The highest BCUT2D eigenvalue weighted by molar-refractivity contribution is 7.92. The monoisotopic (exact) mass is 438 g/mol. The van der Waals surface area contributed by atoms with Crippen LogP contribution in [0.4, 0.5) is 5.69 Å². The fraction of sp³-hybridized carbons (Fsp3) is 0.208. The maximum absolute atomic E-state index is 13.1. The normalized spacial score (nSPS) is 11.1. The highest BCUT2D eigenvalue weighted by Gasteiger charge is 2.24. The van der Waals surface area contributed by atoms with Crippen LogP contribution in [0.2, 0.25) is 0 Å². The molecule has 0 spiro atoms. The summed E-state index contributed by atoms with van der Waals surface area (Å²) < 4.78 is 32.6. The number of hydrogen-bond acceptors (Lipinski definition) is 4. The Balaban J connectivity index is 1.80. The zero-order valence-corrected chi connectivity index (χ0v) is 18.9. The number of benzene rings is 3. The number of ether oxygens (including phenoxy) is 1. The molecule has 0 aliphatic heterocycles. The van der Waals surface area contributed by atoms with Crippen LogP contribution in [0.5, 0.6) is 5.75 Å². The number of anilines is 1. The quantitative estimate of drug-likeness (QED) is 0.557. The Kier molecular flexibility index (Phi) is 6.65. The Morgan fingerprint density at radius 1 is 0.903 bits per heavy atom. The molecule has 1 amide bonds. The van der Waals surface area contributed by atoms with Gasteiger partial charge in [0.05, 0.1) is 17.7 Å². The third-order valence-electron chi connectivity index (χ3n) is 5.20. The molecule has 0 unspecified atom stereocenters. The van der Waals surface area contributed by atoms with E-state index < -0.39 is 10.0 Å². The largest absolute Gasteiger partial charge is 0.495 e. The number of sulfonamides is 1. The minimum absolute atomic E-state index is 0.0963. The maximum Gasteiger partial charge on any atom is 0.264 e. The van der Waals surface area contributed by atoms with E-state index in [0.29, 0.717) is 23.5 Å². The second-order valence-electron chi connectivity index (χ2n) is 7.26. The molecule has 3 aromatic rings. The van der Waals surface area contributed by atoms with Crippen molar-refractivity contribution in [2.45, 2.75) is 18.4 Å². The molecule has 0 radical (unpaired) electrons. The molecule has 0 aromatic heterocycles. The van der Waals surface area contributed by atoms with Gasteiger partial charge in [0, 0.05) is 26.2 Å². The molecule has 0 atom stereocenters. The fourth-order valence-corrected chi connectivity index (χ4v) is 4.49. The molecule has 31 heavy (non-hydrogen) atoms. The van der Waals surface area contributed by atoms with Gasteiger partial charge in [-0.2, -0.15) is 0 Å². The number of nitrogens with zero attached hydrogens (tertiary/aromatic N) is 2. The van der Waals surface area contributed by atoms with Crippen molar-refractivity contribution in [3.05, 3.63) is 89.5 Å². The van der Waals surface area contributed by atoms with E-state index in [1.54, 1.807) is 48.3 Å². The Hall–Kier alpha value is -3.32. The van der Waals surface area contributed by atoms with E-state index in [4.69, 9.17) is 4.74 Å². The smallest absolute Gasteiger partial charge is 0.264 e. The lowest BCUT2D eigenvalue weighted by molar-refractivity contribution is 0.0785. The molecule has 6 nitrogen and oxygen atoms in total. The van der Waals surface area contributed by atoms with Gasteiger partial charge in [-0.3, -0.25) is 9.10 Å². The Morgan fingerprint density at radius 3 is 2.16 bits per heavy atom. The lowest BCUT2D eigenvalue weighted by atomic mass is 10.1. The predicted octanol–water partition coefficient (Wildman–Crippen LogP) is 4.10. The highest BCUT2D eigenvalue weighted by Crippen LogP contribution is 2.31. The number of aryl methyl sites for hydroxylation is 1. The van der Waals surface area contributed by atoms with Gasteiger partial charge in [-0.1, -0.05) is 36.4 Å². The predicted molar refractivity (Wildman–Crippen MR) is 122 cm³/mol. The molecular formula is C24H26N2O4S. The van der Waals surface area contributed by atoms with E-state index in [2.05, 4.69) is 0 Å². The summed E-state index contributed by atoms with van der Waals surface area (Å²) in [4.78, 5) is 14.5. The average Bonchev–Trinajstić information content (AvgIpc) is 2.79. The first-order valence-electron chi connectivity index (χ1n) is 9.77. The molecule has 0 bridgehead atoms. The van der Waals surface area contributed by atoms with E-state index in [1.807, 2.05) is 31.2 Å². The summed E-state index contributed by atoms with van der Waals surface area (Å²) in [5.41, 5.74) is 3.04. The fourth-order valence-electron chi connectivity index (χ4n) is 3.28. The van der Waals surface area contributed by atoms with Gasteiger partial charge in [0.1, 0.15) is 5.75 Å². The van der Waals surface area contributed by atoms with Crippen LogP contribution in [0.25, 0.3) is 0 Å². The van der Waals surface area contributed by atoms with Crippen molar-refractivity contribution >= 4 is 21.6 Å². The number of carbonyl (C=O) groups excluding carboxylic acids is 1. The van der Waals surface area contributed by atoms with Gasteiger partial charge in [-0.05, 0) is 54.4 Å². The molecule has 0 saturated carbocycles. The molecule has 0 aliphatic carbocycles. The van der Waals surface area contributed by atoms with Crippen molar-refractivity contribution in [3.63, 3.8) is 0 Å². The third-order valence-corrected chi connectivity index (χ3v) is 6.99. The summed E-state index contributed by atoms with van der Waals surface area (Å²) >= 11 is 0. The Bertz CT molecular complexity index is 1170. The van der Waals surface area contributed by atoms with Gasteiger partial charge in [-0.15, -0.1) is 0 Å². The number of amides is 1. The first-order chi connectivity index (χ1) is 14.8. The van der Waals surface area contributed by atoms with Gasteiger partial charge < -0.3 is 9.64 Å². The SMILES string of the molecule is COc1ccccc1N(C)S(=O)(=O)c1ccc(C(=O)N(C)Cc2ccccc2C)cc1.